The van der Waals surface area contributed by atoms with Crippen molar-refractivity contribution in [3.05, 3.63) is 60.4 Å². The number of benzene rings is 2. The quantitative estimate of drug-likeness (QED) is 0.613. The van der Waals surface area contributed by atoms with E-state index in [-0.39, 0.29) is 6.10 Å². The summed E-state index contributed by atoms with van der Waals surface area (Å²) in [5.41, 5.74) is 2.10. The zero-order valence-electron chi connectivity index (χ0n) is 13.6. The highest BCUT2D eigenvalue weighted by molar-refractivity contribution is 5.76. The fourth-order valence-electron chi connectivity index (χ4n) is 2.70. The van der Waals surface area contributed by atoms with Gasteiger partial charge in [0.1, 0.15) is 5.75 Å². The Bertz CT molecular complexity index is 752. The maximum absolute atomic E-state index is 6.05. The molecule has 0 N–H and O–H groups in total. The minimum Gasteiger partial charge on any atom is -0.483 e. The third-order valence-corrected chi connectivity index (χ3v) is 3.77. The Hall–Kier alpha value is -2.33. The molecular formula is C19H22N2O2. The molecule has 3 rings (SSSR count). The minimum absolute atomic E-state index is 0.133. The number of hydrogen-bond donors (Lipinski definition) is 0. The molecule has 0 radical (unpaired) electrons. The molecule has 2 aromatic carbocycles. The fraction of sp³-hybridized carbons (Fsp3) is 0.316. The van der Waals surface area contributed by atoms with Gasteiger partial charge in [-0.05, 0) is 38.1 Å². The fourth-order valence-corrected chi connectivity index (χ4v) is 2.70. The number of ether oxygens (including phenoxy) is 2. The van der Waals surface area contributed by atoms with E-state index >= 15 is 0 Å². The van der Waals surface area contributed by atoms with E-state index in [4.69, 9.17) is 14.5 Å². The van der Waals surface area contributed by atoms with Gasteiger partial charge < -0.3 is 14.0 Å². The first-order chi connectivity index (χ1) is 11.3. The molecule has 0 aliphatic carbocycles. The molecule has 0 saturated carbocycles. The Morgan fingerprint density at radius 1 is 1.04 bits per heavy atom. The van der Waals surface area contributed by atoms with Gasteiger partial charge in [0.05, 0.1) is 17.6 Å². The Morgan fingerprint density at radius 2 is 1.78 bits per heavy atom. The van der Waals surface area contributed by atoms with Crippen molar-refractivity contribution >= 4 is 11.0 Å². The molecule has 1 unspecified atom stereocenters. The van der Waals surface area contributed by atoms with Crippen molar-refractivity contribution in [2.45, 2.75) is 26.5 Å². The van der Waals surface area contributed by atoms with Crippen molar-refractivity contribution in [2.24, 2.45) is 0 Å². The van der Waals surface area contributed by atoms with Crippen LogP contribution in [0.1, 0.15) is 25.8 Å². The Kier molecular flexibility index (Phi) is 4.93. The summed E-state index contributed by atoms with van der Waals surface area (Å²) in [6, 6.07) is 18.0. The maximum Gasteiger partial charge on any atom is 0.153 e. The highest BCUT2D eigenvalue weighted by atomic mass is 16.5. The number of fused-ring (bicyclic) bond motifs is 1. The molecule has 0 bridgehead atoms. The van der Waals surface area contributed by atoms with Gasteiger partial charge in [-0.1, -0.05) is 30.3 Å². The first-order valence-electron chi connectivity index (χ1n) is 8.04. The average molecular weight is 310 g/mol. The number of nitrogens with zero attached hydrogens (tertiary/aromatic N) is 2. The Labute approximate surface area is 136 Å². The summed E-state index contributed by atoms with van der Waals surface area (Å²) in [4.78, 5) is 4.77. The van der Waals surface area contributed by atoms with Crippen LogP contribution < -0.4 is 4.74 Å². The molecule has 4 nitrogen and oxygen atoms in total. The molecule has 0 aliphatic rings. The normalized spacial score (nSPS) is 12.4. The van der Waals surface area contributed by atoms with Crippen LogP contribution >= 0.6 is 0 Å². The van der Waals surface area contributed by atoms with Crippen molar-refractivity contribution in [2.75, 3.05) is 13.2 Å². The molecule has 1 atom stereocenters. The first-order valence-corrected chi connectivity index (χ1v) is 8.04. The van der Waals surface area contributed by atoms with E-state index < -0.39 is 0 Å². The van der Waals surface area contributed by atoms with Crippen LogP contribution in [0, 0.1) is 0 Å². The number of para-hydroxylation sites is 3. The van der Waals surface area contributed by atoms with Crippen LogP contribution in [0.15, 0.2) is 54.6 Å². The monoisotopic (exact) mass is 310 g/mol. The molecular weight excluding hydrogens is 288 g/mol. The van der Waals surface area contributed by atoms with E-state index in [1.807, 2.05) is 62.4 Å². The number of imidazole rings is 1. The van der Waals surface area contributed by atoms with Crippen molar-refractivity contribution in [1.29, 1.82) is 0 Å². The van der Waals surface area contributed by atoms with Crippen LogP contribution in [0.4, 0.5) is 0 Å². The lowest BCUT2D eigenvalue weighted by Gasteiger charge is -2.16. The van der Waals surface area contributed by atoms with E-state index in [2.05, 4.69) is 10.6 Å². The van der Waals surface area contributed by atoms with Gasteiger partial charge in [-0.25, -0.2) is 4.98 Å². The summed E-state index contributed by atoms with van der Waals surface area (Å²) >= 11 is 0. The number of aromatic nitrogens is 2. The maximum atomic E-state index is 6.05. The summed E-state index contributed by atoms with van der Waals surface area (Å²) in [7, 11) is 0. The van der Waals surface area contributed by atoms with Crippen molar-refractivity contribution in [1.82, 2.24) is 9.55 Å². The van der Waals surface area contributed by atoms with Crippen molar-refractivity contribution in [3.63, 3.8) is 0 Å². The second-order valence-corrected chi connectivity index (χ2v) is 5.38. The molecule has 3 aromatic rings. The van der Waals surface area contributed by atoms with Gasteiger partial charge in [0, 0.05) is 13.2 Å². The van der Waals surface area contributed by atoms with Gasteiger partial charge in [-0.2, -0.15) is 0 Å². The SMILES string of the molecule is CCOCCn1c(C(C)Oc2ccccc2)nc2ccccc21. The third-order valence-electron chi connectivity index (χ3n) is 3.77. The van der Waals surface area contributed by atoms with Gasteiger partial charge in [-0.3, -0.25) is 0 Å². The van der Waals surface area contributed by atoms with E-state index in [1.54, 1.807) is 0 Å². The Morgan fingerprint density at radius 3 is 2.57 bits per heavy atom. The first kappa shape index (κ1) is 15.6. The summed E-state index contributed by atoms with van der Waals surface area (Å²) < 4.78 is 13.8. The third kappa shape index (κ3) is 3.54. The predicted molar refractivity (Wildman–Crippen MR) is 91.7 cm³/mol. The van der Waals surface area contributed by atoms with Crippen molar-refractivity contribution < 1.29 is 9.47 Å². The summed E-state index contributed by atoms with van der Waals surface area (Å²) in [5, 5.41) is 0. The molecule has 0 amide bonds. The topological polar surface area (TPSA) is 36.3 Å². The van der Waals surface area contributed by atoms with Gasteiger partial charge in [0.15, 0.2) is 11.9 Å². The molecule has 23 heavy (non-hydrogen) atoms. The van der Waals surface area contributed by atoms with Crippen LogP contribution in [-0.4, -0.2) is 22.8 Å². The highest BCUT2D eigenvalue weighted by Gasteiger charge is 2.17. The van der Waals surface area contributed by atoms with Crippen LogP contribution in [0.25, 0.3) is 11.0 Å². The van der Waals surface area contributed by atoms with Gasteiger partial charge in [0.25, 0.3) is 0 Å². The van der Waals surface area contributed by atoms with E-state index in [0.717, 1.165) is 35.8 Å². The molecule has 120 valence electrons. The lowest BCUT2D eigenvalue weighted by molar-refractivity contribution is 0.136. The van der Waals surface area contributed by atoms with Crippen LogP contribution in [0.5, 0.6) is 5.75 Å². The largest absolute Gasteiger partial charge is 0.483 e. The molecule has 0 spiro atoms. The summed E-state index contributed by atoms with van der Waals surface area (Å²) in [6.07, 6.45) is -0.133. The van der Waals surface area contributed by atoms with Crippen molar-refractivity contribution in [3.8, 4) is 5.75 Å². The lowest BCUT2D eigenvalue weighted by Crippen LogP contribution is -2.14. The van der Waals surface area contributed by atoms with E-state index in [9.17, 15) is 0 Å². The molecule has 1 aromatic heterocycles. The zero-order valence-corrected chi connectivity index (χ0v) is 13.6. The second-order valence-electron chi connectivity index (χ2n) is 5.38. The van der Waals surface area contributed by atoms with Crippen LogP contribution in [0.3, 0.4) is 0 Å². The summed E-state index contributed by atoms with van der Waals surface area (Å²) in [5.74, 6) is 1.78. The minimum atomic E-state index is -0.133. The molecule has 1 heterocycles. The molecule has 0 saturated heterocycles. The summed E-state index contributed by atoms with van der Waals surface area (Å²) in [6.45, 7) is 6.20. The zero-order chi connectivity index (χ0) is 16.1. The molecule has 0 aliphatic heterocycles. The standard InChI is InChI=1S/C19H22N2O2/c1-3-22-14-13-21-18-12-8-7-11-17(18)20-19(21)15(2)23-16-9-5-4-6-10-16/h4-12,15H,3,13-14H2,1-2H3. The smallest absolute Gasteiger partial charge is 0.153 e. The van der Waals surface area contributed by atoms with Gasteiger partial charge in [0.2, 0.25) is 0 Å². The van der Waals surface area contributed by atoms with E-state index in [1.165, 1.54) is 0 Å². The number of hydrogen-bond acceptors (Lipinski definition) is 3. The van der Waals surface area contributed by atoms with Gasteiger partial charge in [-0.15, -0.1) is 0 Å². The van der Waals surface area contributed by atoms with Crippen LogP contribution in [-0.2, 0) is 11.3 Å². The number of rotatable bonds is 7. The lowest BCUT2D eigenvalue weighted by atomic mass is 10.3. The Balaban J connectivity index is 1.90. The second kappa shape index (κ2) is 7.29. The molecule has 0 fully saturated rings. The van der Waals surface area contributed by atoms with Gasteiger partial charge >= 0.3 is 0 Å². The molecule has 4 heteroatoms. The highest BCUT2D eigenvalue weighted by Crippen LogP contribution is 2.25. The average Bonchev–Trinajstić information content (AvgIpc) is 2.95. The van der Waals surface area contributed by atoms with E-state index in [0.29, 0.717) is 6.61 Å². The van der Waals surface area contributed by atoms with Crippen LogP contribution in [0.2, 0.25) is 0 Å². The predicted octanol–water partition coefficient (Wildman–Crippen LogP) is 4.21.